The zero-order chi connectivity index (χ0) is 21.3. The molecule has 1 aliphatic heterocycles. The minimum absolute atomic E-state index is 0.0456. The second kappa shape index (κ2) is 8.62. The smallest absolute Gasteiger partial charge is 0.278 e. The summed E-state index contributed by atoms with van der Waals surface area (Å²) in [7, 11) is 5.19. The maximum atomic E-state index is 13.0. The maximum Gasteiger partial charge on any atom is 0.278 e. The Morgan fingerprint density at radius 1 is 1.20 bits per heavy atom. The summed E-state index contributed by atoms with van der Waals surface area (Å²) in [4.78, 5) is 20.8. The normalized spacial score (nSPS) is 16.7. The van der Waals surface area contributed by atoms with Gasteiger partial charge < -0.3 is 19.3 Å². The Bertz CT molecular complexity index is 1030. The molecule has 0 saturated heterocycles. The molecule has 0 saturated carbocycles. The van der Waals surface area contributed by atoms with Gasteiger partial charge in [0.25, 0.3) is 5.91 Å². The van der Waals surface area contributed by atoms with Gasteiger partial charge in [-0.25, -0.2) is 4.98 Å². The number of benzene rings is 2. The van der Waals surface area contributed by atoms with Gasteiger partial charge in [-0.1, -0.05) is 12.1 Å². The quantitative estimate of drug-likeness (QED) is 0.658. The van der Waals surface area contributed by atoms with Crippen LogP contribution in [-0.2, 0) is 17.8 Å². The van der Waals surface area contributed by atoms with Crippen molar-refractivity contribution >= 4 is 27.5 Å². The molecule has 1 aliphatic rings. The number of aromatic nitrogens is 1. The summed E-state index contributed by atoms with van der Waals surface area (Å²) in [6, 6.07) is 12.2. The molecule has 4 rings (SSSR count). The maximum absolute atomic E-state index is 13.0. The summed E-state index contributed by atoms with van der Waals surface area (Å²) in [6.45, 7) is 4.26. The van der Waals surface area contributed by atoms with E-state index >= 15 is 0 Å². The average Bonchev–Trinajstić information content (AvgIpc) is 3.21. The molecule has 1 unspecified atom stereocenters. The van der Waals surface area contributed by atoms with E-state index in [0.29, 0.717) is 6.54 Å². The molecule has 0 aliphatic carbocycles. The van der Waals surface area contributed by atoms with Crippen LogP contribution >= 0.6 is 11.3 Å². The highest BCUT2D eigenvalue weighted by Gasteiger charge is 2.27. The van der Waals surface area contributed by atoms with Crippen molar-refractivity contribution in [3.8, 4) is 11.5 Å². The number of amides is 1. The van der Waals surface area contributed by atoms with Crippen LogP contribution in [0.2, 0.25) is 0 Å². The number of likely N-dealkylation sites (N-methyl/N-ethyl adjacent to an activating group) is 1. The van der Waals surface area contributed by atoms with Crippen LogP contribution in [0.4, 0.5) is 0 Å². The zero-order valence-electron chi connectivity index (χ0n) is 17.9. The summed E-state index contributed by atoms with van der Waals surface area (Å²) in [5.41, 5.74) is 3.50. The number of hydrogen-bond donors (Lipinski definition) is 1. The van der Waals surface area contributed by atoms with Gasteiger partial charge in [0.05, 0.1) is 37.0 Å². The van der Waals surface area contributed by atoms with Crippen LogP contribution in [0.1, 0.15) is 29.1 Å². The number of rotatable bonds is 6. The van der Waals surface area contributed by atoms with Gasteiger partial charge in [0.2, 0.25) is 0 Å². The van der Waals surface area contributed by atoms with E-state index in [1.165, 1.54) is 16.0 Å². The largest absolute Gasteiger partial charge is 0.493 e. The predicted octanol–water partition coefficient (Wildman–Crippen LogP) is 2.47. The minimum Gasteiger partial charge on any atom is -0.493 e. The van der Waals surface area contributed by atoms with Crippen molar-refractivity contribution in [1.29, 1.82) is 0 Å². The molecule has 1 amide bonds. The van der Waals surface area contributed by atoms with Gasteiger partial charge in [0.1, 0.15) is 11.6 Å². The Labute approximate surface area is 181 Å². The molecule has 1 N–H and O–H groups in total. The number of carbonyl (C=O) groups is 1. The molecule has 0 radical (unpaired) electrons. The van der Waals surface area contributed by atoms with Gasteiger partial charge in [-0.05, 0) is 36.8 Å². The highest BCUT2D eigenvalue weighted by Crippen LogP contribution is 2.31. The Balaban J connectivity index is 1.43. The number of quaternary nitrogens is 1. The Hall–Kier alpha value is -2.64. The molecular formula is C23H28N3O3S+. The van der Waals surface area contributed by atoms with Gasteiger partial charge in [-0.2, -0.15) is 0 Å². The summed E-state index contributed by atoms with van der Waals surface area (Å²) >= 11 is 1.66. The average molecular weight is 427 g/mol. The topological polar surface area (TPSA) is 56.1 Å². The number of nitrogens with one attached hydrogen (secondary N) is 1. The highest BCUT2D eigenvalue weighted by atomic mass is 32.1. The second-order valence-corrected chi connectivity index (χ2v) is 8.84. The number of ether oxygens (including phenoxy) is 2. The number of methoxy groups -OCH3 is 2. The van der Waals surface area contributed by atoms with Gasteiger partial charge in [-0.15, -0.1) is 11.3 Å². The molecule has 2 heterocycles. The number of carbonyl (C=O) groups excluding carboxylic acids is 1. The highest BCUT2D eigenvalue weighted by molar-refractivity contribution is 7.18. The number of para-hydroxylation sites is 1. The summed E-state index contributed by atoms with van der Waals surface area (Å²) in [6.07, 6.45) is 0.926. The fourth-order valence-electron chi connectivity index (χ4n) is 3.97. The monoisotopic (exact) mass is 426 g/mol. The third-order valence-electron chi connectivity index (χ3n) is 5.94. The minimum atomic E-state index is -0.0456. The Morgan fingerprint density at radius 2 is 1.90 bits per heavy atom. The van der Waals surface area contributed by atoms with Crippen molar-refractivity contribution in [3.05, 3.63) is 52.5 Å². The van der Waals surface area contributed by atoms with Crippen molar-refractivity contribution in [2.75, 3.05) is 34.4 Å². The van der Waals surface area contributed by atoms with Crippen LogP contribution in [0.15, 0.2) is 36.4 Å². The van der Waals surface area contributed by atoms with Crippen LogP contribution in [-0.4, -0.2) is 50.1 Å². The fraction of sp³-hybridized carbons (Fsp3) is 0.391. The first-order valence-electron chi connectivity index (χ1n) is 10.2. The first-order valence-corrected chi connectivity index (χ1v) is 11.0. The van der Waals surface area contributed by atoms with E-state index in [-0.39, 0.29) is 11.9 Å². The second-order valence-electron chi connectivity index (χ2n) is 7.78. The van der Waals surface area contributed by atoms with Crippen LogP contribution in [0.25, 0.3) is 10.2 Å². The van der Waals surface area contributed by atoms with Crippen molar-refractivity contribution in [2.45, 2.75) is 25.9 Å². The lowest BCUT2D eigenvalue weighted by atomic mass is 9.98. The van der Waals surface area contributed by atoms with E-state index < -0.39 is 0 Å². The third-order valence-corrected chi connectivity index (χ3v) is 7.14. The molecule has 1 aromatic heterocycles. The summed E-state index contributed by atoms with van der Waals surface area (Å²) in [5.74, 6) is 1.64. The van der Waals surface area contributed by atoms with Crippen LogP contribution < -0.4 is 14.4 Å². The van der Waals surface area contributed by atoms with Gasteiger partial charge >= 0.3 is 0 Å². The number of fused-ring (bicyclic) bond motifs is 2. The van der Waals surface area contributed by atoms with Crippen molar-refractivity contribution < 1.29 is 19.2 Å². The van der Waals surface area contributed by atoms with Gasteiger partial charge in [-0.3, -0.25) is 4.79 Å². The molecule has 2 aromatic carbocycles. The summed E-state index contributed by atoms with van der Waals surface area (Å²) in [5, 5.41) is 0.975. The van der Waals surface area contributed by atoms with Crippen LogP contribution in [0.5, 0.6) is 11.5 Å². The lowest BCUT2D eigenvalue weighted by Gasteiger charge is -2.29. The van der Waals surface area contributed by atoms with Crippen LogP contribution in [0.3, 0.4) is 0 Å². The van der Waals surface area contributed by atoms with E-state index in [4.69, 9.17) is 14.5 Å². The molecule has 0 bridgehead atoms. The molecule has 3 aromatic rings. The number of thiazole rings is 1. The standard InChI is InChI=1S/C23H27N3O3S/c1-15(23-24-18-7-5-6-8-21(18)30-23)25(2)22(27)14-26-10-9-16-11-19(28-3)20(29-4)12-17(16)13-26/h5-8,11-12,15H,9-10,13-14H2,1-4H3/p+1/t15-/m1/s1. The van der Waals surface area contributed by atoms with Crippen LogP contribution in [0, 0.1) is 0 Å². The summed E-state index contributed by atoms with van der Waals surface area (Å²) < 4.78 is 12.0. The van der Waals surface area contributed by atoms with E-state index in [0.717, 1.165) is 46.2 Å². The third kappa shape index (κ3) is 4.00. The molecule has 0 fully saturated rings. The molecule has 158 valence electrons. The Morgan fingerprint density at radius 3 is 2.60 bits per heavy atom. The van der Waals surface area contributed by atoms with E-state index in [9.17, 15) is 4.79 Å². The molecule has 2 atom stereocenters. The van der Waals surface area contributed by atoms with Crippen molar-refractivity contribution in [2.24, 2.45) is 0 Å². The molecular weight excluding hydrogens is 398 g/mol. The number of nitrogens with zero attached hydrogens (tertiary/aromatic N) is 2. The van der Waals surface area contributed by atoms with E-state index in [2.05, 4.69) is 12.1 Å². The number of hydrogen-bond acceptors (Lipinski definition) is 5. The Kier molecular flexibility index (Phi) is 5.92. The SMILES string of the molecule is COc1cc2c(cc1OC)C[NH+](CC(=O)N(C)[C@H](C)c1nc3ccccc3s1)CC2. The first-order chi connectivity index (χ1) is 14.5. The molecule has 30 heavy (non-hydrogen) atoms. The fourth-order valence-corrected chi connectivity index (χ4v) is 5.03. The van der Waals surface area contributed by atoms with Crippen molar-refractivity contribution in [1.82, 2.24) is 9.88 Å². The van der Waals surface area contributed by atoms with Crippen molar-refractivity contribution in [3.63, 3.8) is 0 Å². The van der Waals surface area contributed by atoms with E-state index in [1.54, 1.807) is 25.6 Å². The lowest BCUT2D eigenvalue weighted by molar-refractivity contribution is -0.908. The zero-order valence-corrected chi connectivity index (χ0v) is 18.7. The first kappa shape index (κ1) is 20.6. The molecule has 0 spiro atoms. The van der Waals surface area contributed by atoms with Gasteiger partial charge in [0, 0.05) is 19.0 Å². The molecule has 6 nitrogen and oxygen atoms in total. The predicted molar refractivity (Wildman–Crippen MR) is 118 cm³/mol. The molecule has 7 heteroatoms. The van der Waals surface area contributed by atoms with E-state index in [1.807, 2.05) is 43.1 Å². The van der Waals surface area contributed by atoms with Gasteiger partial charge in [0.15, 0.2) is 18.0 Å². The lowest BCUT2D eigenvalue weighted by Crippen LogP contribution is -3.12.